The second kappa shape index (κ2) is 7.88. The smallest absolute Gasteiger partial charge is 0.193 e. The van der Waals surface area contributed by atoms with Crippen molar-refractivity contribution in [3.8, 4) is 0 Å². The van der Waals surface area contributed by atoms with Crippen LogP contribution in [0.3, 0.4) is 0 Å². The van der Waals surface area contributed by atoms with Crippen LogP contribution >= 0.6 is 11.6 Å². The van der Waals surface area contributed by atoms with E-state index in [4.69, 9.17) is 11.6 Å². The Hall–Kier alpha value is -1.47. The zero-order chi connectivity index (χ0) is 16.9. The van der Waals surface area contributed by atoms with Gasteiger partial charge in [-0.05, 0) is 12.1 Å². The lowest BCUT2D eigenvalue weighted by Crippen LogP contribution is -2.53. The number of rotatable bonds is 4. The number of benzene rings is 1. The SMILES string of the molecule is CN=C(NCCS(C)(=O)=O)N1CCN(c2ccccc2Cl)CC1. The molecule has 0 atom stereocenters. The number of halogens is 1. The summed E-state index contributed by atoms with van der Waals surface area (Å²) in [5.74, 6) is 0.846. The standard InChI is InChI=1S/C15H23ClN4O2S/c1-17-15(18-7-12-23(2,21)22)20-10-8-19(9-11-20)14-6-4-3-5-13(14)16/h3-6H,7-12H2,1-2H3,(H,17,18). The molecule has 0 aromatic heterocycles. The minimum Gasteiger partial charge on any atom is -0.367 e. The van der Waals surface area contributed by atoms with E-state index in [1.54, 1.807) is 7.05 Å². The van der Waals surface area contributed by atoms with Crippen molar-refractivity contribution >= 4 is 33.1 Å². The molecule has 1 fully saturated rings. The predicted octanol–water partition coefficient (Wildman–Crippen LogP) is 1.08. The maximum Gasteiger partial charge on any atom is 0.193 e. The lowest BCUT2D eigenvalue weighted by atomic mass is 10.2. The highest BCUT2D eigenvalue weighted by Gasteiger charge is 2.21. The highest BCUT2D eigenvalue weighted by atomic mass is 35.5. The van der Waals surface area contributed by atoms with E-state index >= 15 is 0 Å². The van der Waals surface area contributed by atoms with Crippen LogP contribution in [0.15, 0.2) is 29.3 Å². The molecule has 128 valence electrons. The van der Waals surface area contributed by atoms with Crippen molar-refractivity contribution in [1.82, 2.24) is 10.2 Å². The number of aliphatic imine (C=N–C) groups is 1. The predicted molar refractivity (Wildman–Crippen MR) is 96.3 cm³/mol. The first-order chi connectivity index (χ1) is 10.9. The number of anilines is 1. The van der Waals surface area contributed by atoms with Crippen LogP contribution in [-0.4, -0.2) is 71.1 Å². The largest absolute Gasteiger partial charge is 0.367 e. The lowest BCUT2D eigenvalue weighted by Gasteiger charge is -2.38. The van der Waals surface area contributed by atoms with E-state index in [1.165, 1.54) is 6.26 Å². The lowest BCUT2D eigenvalue weighted by molar-refractivity contribution is 0.373. The Morgan fingerprint density at radius 2 is 1.91 bits per heavy atom. The molecule has 1 aliphatic rings. The van der Waals surface area contributed by atoms with Crippen LogP contribution in [0.25, 0.3) is 0 Å². The zero-order valence-electron chi connectivity index (χ0n) is 13.5. The molecule has 0 bridgehead atoms. The van der Waals surface area contributed by atoms with Crippen LogP contribution in [0.2, 0.25) is 5.02 Å². The van der Waals surface area contributed by atoms with Crippen LogP contribution in [0.1, 0.15) is 0 Å². The van der Waals surface area contributed by atoms with E-state index < -0.39 is 9.84 Å². The first kappa shape index (κ1) is 17.9. The Labute approximate surface area is 143 Å². The minimum absolute atomic E-state index is 0.103. The molecule has 1 aromatic carbocycles. The molecule has 0 aliphatic carbocycles. The summed E-state index contributed by atoms with van der Waals surface area (Å²) in [6, 6.07) is 7.83. The molecule has 8 heteroatoms. The van der Waals surface area contributed by atoms with E-state index in [9.17, 15) is 8.42 Å². The van der Waals surface area contributed by atoms with E-state index in [0.717, 1.165) is 42.8 Å². The Kier molecular flexibility index (Phi) is 6.12. The van der Waals surface area contributed by atoms with Crippen molar-refractivity contribution < 1.29 is 8.42 Å². The summed E-state index contributed by atoms with van der Waals surface area (Å²) < 4.78 is 22.4. The molecular weight excluding hydrogens is 336 g/mol. The highest BCUT2D eigenvalue weighted by Crippen LogP contribution is 2.25. The summed E-state index contributed by atoms with van der Waals surface area (Å²) in [4.78, 5) is 8.63. The molecule has 1 heterocycles. The van der Waals surface area contributed by atoms with Gasteiger partial charge in [0.15, 0.2) is 5.96 Å². The van der Waals surface area contributed by atoms with Gasteiger partial charge in [0.25, 0.3) is 0 Å². The number of para-hydroxylation sites is 1. The van der Waals surface area contributed by atoms with Gasteiger partial charge in [0.05, 0.1) is 16.5 Å². The number of nitrogens with zero attached hydrogens (tertiary/aromatic N) is 3. The molecule has 1 saturated heterocycles. The zero-order valence-corrected chi connectivity index (χ0v) is 15.1. The summed E-state index contributed by atoms with van der Waals surface area (Å²) in [6.07, 6.45) is 1.24. The molecule has 23 heavy (non-hydrogen) atoms. The molecule has 0 spiro atoms. The third-order valence-corrected chi connectivity index (χ3v) is 5.01. The Morgan fingerprint density at radius 3 is 2.48 bits per heavy atom. The molecule has 0 amide bonds. The fraction of sp³-hybridized carbons (Fsp3) is 0.533. The van der Waals surface area contributed by atoms with E-state index in [1.807, 2.05) is 24.3 Å². The summed E-state index contributed by atoms with van der Waals surface area (Å²) in [5, 5.41) is 3.87. The van der Waals surface area contributed by atoms with Gasteiger partial charge in [-0.1, -0.05) is 23.7 Å². The van der Waals surface area contributed by atoms with Crippen LogP contribution in [0.4, 0.5) is 5.69 Å². The molecular formula is C15H23ClN4O2S. The maximum atomic E-state index is 11.2. The number of piperazine rings is 1. The second-order valence-corrected chi connectivity index (χ2v) is 8.20. The van der Waals surface area contributed by atoms with Crippen molar-refractivity contribution in [3.05, 3.63) is 29.3 Å². The third kappa shape index (κ3) is 5.28. The second-order valence-electron chi connectivity index (χ2n) is 5.53. The summed E-state index contributed by atoms with van der Waals surface area (Å²) in [7, 11) is -1.26. The van der Waals surface area contributed by atoms with E-state index in [-0.39, 0.29) is 5.75 Å². The molecule has 1 N–H and O–H groups in total. The first-order valence-electron chi connectivity index (χ1n) is 7.53. The number of guanidine groups is 1. The van der Waals surface area contributed by atoms with Gasteiger partial charge in [-0.2, -0.15) is 0 Å². The highest BCUT2D eigenvalue weighted by molar-refractivity contribution is 7.90. The average molecular weight is 359 g/mol. The van der Waals surface area contributed by atoms with Gasteiger partial charge in [-0.3, -0.25) is 4.99 Å². The van der Waals surface area contributed by atoms with E-state index in [0.29, 0.717) is 6.54 Å². The van der Waals surface area contributed by atoms with Crippen LogP contribution in [-0.2, 0) is 9.84 Å². The van der Waals surface area contributed by atoms with Gasteiger partial charge < -0.3 is 15.1 Å². The van der Waals surface area contributed by atoms with Crippen molar-refractivity contribution in [2.45, 2.75) is 0 Å². The quantitative estimate of drug-likeness (QED) is 0.644. The molecule has 6 nitrogen and oxygen atoms in total. The molecule has 0 radical (unpaired) electrons. The number of hydrogen-bond donors (Lipinski definition) is 1. The van der Waals surface area contributed by atoms with Crippen molar-refractivity contribution in [2.75, 3.05) is 56.7 Å². The maximum absolute atomic E-state index is 11.2. The van der Waals surface area contributed by atoms with Gasteiger partial charge in [-0.15, -0.1) is 0 Å². The molecule has 1 aromatic rings. The summed E-state index contributed by atoms with van der Waals surface area (Å²) >= 11 is 6.25. The monoisotopic (exact) mass is 358 g/mol. The Balaban J connectivity index is 1.89. The van der Waals surface area contributed by atoms with Crippen molar-refractivity contribution in [3.63, 3.8) is 0 Å². The van der Waals surface area contributed by atoms with Gasteiger partial charge in [0.1, 0.15) is 9.84 Å². The average Bonchev–Trinajstić information content (AvgIpc) is 2.51. The van der Waals surface area contributed by atoms with Gasteiger partial charge in [-0.25, -0.2) is 8.42 Å². The minimum atomic E-state index is -2.97. The Morgan fingerprint density at radius 1 is 1.26 bits per heavy atom. The van der Waals surface area contributed by atoms with Gasteiger partial charge in [0.2, 0.25) is 0 Å². The first-order valence-corrected chi connectivity index (χ1v) is 9.97. The van der Waals surface area contributed by atoms with Crippen molar-refractivity contribution in [1.29, 1.82) is 0 Å². The fourth-order valence-electron chi connectivity index (χ4n) is 2.55. The van der Waals surface area contributed by atoms with Gasteiger partial charge in [0, 0.05) is 46.0 Å². The van der Waals surface area contributed by atoms with Crippen LogP contribution in [0, 0.1) is 0 Å². The Bertz CT molecular complexity index is 655. The normalized spacial score (nSPS) is 16.6. The number of nitrogens with one attached hydrogen (secondary N) is 1. The number of sulfone groups is 1. The third-order valence-electron chi connectivity index (χ3n) is 3.74. The molecule has 1 aliphatic heterocycles. The molecule has 2 rings (SSSR count). The summed E-state index contributed by atoms with van der Waals surface area (Å²) in [6.45, 7) is 3.68. The van der Waals surface area contributed by atoms with Crippen LogP contribution < -0.4 is 10.2 Å². The number of hydrogen-bond acceptors (Lipinski definition) is 4. The van der Waals surface area contributed by atoms with Crippen LogP contribution in [0.5, 0.6) is 0 Å². The molecule has 0 unspecified atom stereocenters. The summed E-state index contributed by atoms with van der Waals surface area (Å²) in [5.41, 5.74) is 1.05. The van der Waals surface area contributed by atoms with Crippen molar-refractivity contribution in [2.24, 2.45) is 4.99 Å². The fourth-order valence-corrected chi connectivity index (χ4v) is 3.28. The topological polar surface area (TPSA) is 65.0 Å². The van der Waals surface area contributed by atoms with Gasteiger partial charge >= 0.3 is 0 Å². The molecule has 0 saturated carbocycles. The van der Waals surface area contributed by atoms with E-state index in [2.05, 4.69) is 20.1 Å².